The Morgan fingerprint density at radius 2 is 1.96 bits per heavy atom. The molecule has 3 N–H and O–H groups in total. The molecule has 0 spiro atoms. The highest BCUT2D eigenvalue weighted by Crippen LogP contribution is 2.28. The number of rotatable bonds is 4. The maximum absolute atomic E-state index is 13.1. The predicted octanol–water partition coefficient (Wildman–Crippen LogP) is 0.767. The molecule has 4 atom stereocenters. The van der Waals surface area contributed by atoms with E-state index in [2.05, 4.69) is 11.4 Å². The molecule has 0 amide bonds. The van der Waals surface area contributed by atoms with Gasteiger partial charge in [-0.25, -0.2) is 0 Å². The Bertz CT molecular complexity index is 673. The first-order valence-electron chi connectivity index (χ1n) is 8.60. The highest BCUT2D eigenvalue weighted by atomic mass is 16.4. The summed E-state index contributed by atoms with van der Waals surface area (Å²) in [5.74, 6) is -2.02. The summed E-state index contributed by atoms with van der Waals surface area (Å²) in [6.07, 6.45) is 2.02. The number of nitrogens with zero attached hydrogens (tertiary/aromatic N) is 1. The largest absolute Gasteiger partial charge is 0.481 e. The van der Waals surface area contributed by atoms with Crippen LogP contribution in [0.4, 0.5) is 0 Å². The van der Waals surface area contributed by atoms with Crippen molar-refractivity contribution in [3.8, 4) is 0 Å². The number of nitrogens with one attached hydrogen (secondary N) is 1. The number of likely N-dealkylation sites (tertiary alicyclic amines) is 1. The molecule has 0 radical (unpaired) electrons. The Labute approximate surface area is 147 Å². The molecule has 0 aromatic heterocycles. The summed E-state index contributed by atoms with van der Waals surface area (Å²) in [7, 11) is 1.71. The number of piperidine rings is 1. The zero-order chi connectivity index (χ0) is 18.0. The van der Waals surface area contributed by atoms with Gasteiger partial charge in [0.2, 0.25) is 0 Å². The molecule has 6 heteroatoms. The Hall–Kier alpha value is -2.02. The van der Waals surface area contributed by atoms with E-state index < -0.39 is 30.1 Å². The molecule has 0 bridgehead atoms. The van der Waals surface area contributed by atoms with Crippen LogP contribution in [-0.4, -0.2) is 65.2 Å². The van der Waals surface area contributed by atoms with E-state index in [0.29, 0.717) is 19.5 Å². The molecule has 2 heterocycles. The van der Waals surface area contributed by atoms with Crippen LogP contribution in [0, 0.1) is 5.92 Å². The Morgan fingerprint density at radius 1 is 1.24 bits per heavy atom. The summed E-state index contributed by atoms with van der Waals surface area (Å²) >= 11 is 0. The van der Waals surface area contributed by atoms with Crippen molar-refractivity contribution in [2.45, 2.75) is 31.0 Å². The van der Waals surface area contributed by atoms with E-state index in [9.17, 15) is 19.8 Å². The Morgan fingerprint density at radius 3 is 2.64 bits per heavy atom. The summed E-state index contributed by atoms with van der Waals surface area (Å²) in [6, 6.07) is 8.78. The van der Waals surface area contributed by atoms with Gasteiger partial charge in [-0.15, -0.1) is 0 Å². The third-order valence-corrected chi connectivity index (χ3v) is 5.11. The lowest BCUT2D eigenvalue weighted by Gasteiger charge is -2.40. The second-order valence-electron chi connectivity index (χ2n) is 6.88. The van der Waals surface area contributed by atoms with Crippen molar-refractivity contribution in [3.63, 3.8) is 0 Å². The highest BCUT2D eigenvalue weighted by Gasteiger charge is 2.44. The molecule has 3 rings (SSSR count). The molecule has 0 aliphatic carbocycles. The maximum Gasteiger partial charge on any atom is 0.308 e. The molecule has 6 nitrogen and oxygen atoms in total. The first-order chi connectivity index (χ1) is 12.0. The van der Waals surface area contributed by atoms with E-state index in [-0.39, 0.29) is 12.2 Å². The number of benzene rings is 1. The average Bonchev–Trinajstić information content (AvgIpc) is 2.61. The van der Waals surface area contributed by atoms with Crippen molar-refractivity contribution in [1.82, 2.24) is 10.2 Å². The number of carboxylic acids is 1. The second-order valence-corrected chi connectivity index (χ2v) is 6.88. The summed E-state index contributed by atoms with van der Waals surface area (Å²) in [4.78, 5) is 26.4. The third-order valence-electron chi connectivity index (χ3n) is 5.11. The van der Waals surface area contributed by atoms with E-state index in [0.717, 1.165) is 11.1 Å². The Kier molecular flexibility index (Phi) is 5.32. The van der Waals surface area contributed by atoms with Crippen LogP contribution < -0.4 is 5.32 Å². The topological polar surface area (TPSA) is 89.9 Å². The van der Waals surface area contributed by atoms with Crippen LogP contribution in [0.5, 0.6) is 0 Å². The highest BCUT2D eigenvalue weighted by molar-refractivity contribution is 5.94. The first kappa shape index (κ1) is 17.8. The fourth-order valence-corrected chi connectivity index (χ4v) is 3.90. The van der Waals surface area contributed by atoms with Crippen LogP contribution in [0.1, 0.15) is 18.4 Å². The SMILES string of the molecule is CN1C[C@@H](O)C[C@H](C(=O)O)[C@H]1C(=O)C1CC(c2ccccc2)=CCN1. The van der Waals surface area contributed by atoms with Gasteiger partial charge >= 0.3 is 5.97 Å². The van der Waals surface area contributed by atoms with Gasteiger partial charge in [-0.05, 0) is 31.0 Å². The number of Topliss-reactive ketones (excluding diaryl/α,β-unsaturated/α-hetero) is 1. The minimum atomic E-state index is -1.03. The molecule has 1 unspecified atom stereocenters. The maximum atomic E-state index is 13.1. The minimum Gasteiger partial charge on any atom is -0.481 e. The number of aliphatic hydroxyl groups excluding tert-OH is 1. The number of ketones is 1. The predicted molar refractivity (Wildman–Crippen MR) is 94.0 cm³/mol. The van der Waals surface area contributed by atoms with Gasteiger partial charge < -0.3 is 15.5 Å². The zero-order valence-electron chi connectivity index (χ0n) is 14.3. The zero-order valence-corrected chi connectivity index (χ0v) is 14.3. The van der Waals surface area contributed by atoms with Gasteiger partial charge in [0, 0.05) is 13.1 Å². The number of carbonyl (C=O) groups is 2. The van der Waals surface area contributed by atoms with Crippen LogP contribution in [0.15, 0.2) is 36.4 Å². The quantitative estimate of drug-likeness (QED) is 0.747. The number of likely N-dealkylation sites (N-methyl/N-ethyl adjacent to an activating group) is 1. The van der Waals surface area contributed by atoms with Crippen molar-refractivity contribution >= 4 is 17.3 Å². The molecular formula is C19H24N2O4. The van der Waals surface area contributed by atoms with Gasteiger partial charge in [-0.1, -0.05) is 36.4 Å². The van der Waals surface area contributed by atoms with Gasteiger partial charge in [0.05, 0.1) is 24.1 Å². The fraction of sp³-hybridized carbons (Fsp3) is 0.474. The lowest BCUT2D eigenvalue weighted by Crippen LogP contribution is -2.59. The minimum absolute atomic E-state index is 0.108. The average molecular weight is 344 g/mol. The molecule has 2 aliphatic heterocycles. The monoisotopic (exact) mass is 344 g/mol. The van der Waals surface area contributed by atoms with E-state index in [1.807, 2.05) is 30.3 Å². The lowest BCUT2D eigenvalue weighted by molar-refractivity contribution is -0.153. The van der Waals surface area contributed by atoms with Crippen LogP contribution in [0.25, 0.3) is 5.57 Å². The standard InChI is InChI=1S/C19H24N2O4/c1-21-11-14(22)10-15(19(24)25)17(21)18(23)16-9-13(7-8-20-16)12-5-3-2-4-6-12/h2-7,14-17,20,22H,8-11H2,1H3,(H,24,25)/t14-,15-,16?,17-/m0/s1. The van der Waals surface area contributed by atoms with Gasteiger partial charge in [-0.2, -0.15) is 0 Å². The molecule has 0 saturated carbocycles. The summed E-state index contributed by atoms with van der Waals surface area (Å²) in [6.45, 7) is 0.895. The molecule has 1 fully saturated rings. The van der Waals surface area contributed by atoms with Crippen LogP contribution in [0.2, 0.25) is 0 Å². The van der Waals surface area contributed by atoms with Gasteiger partial charge in [0.1, 0.15) is 0 Å². The van der Waals surface area contributed by atoms with Crippen molar-refractivity contribution in [1.29, 1.82) is 0 Å². The van der Waals surface area contributed by atoms with Crippen molar-refractivity contribution in [3.05, 3.63) is 42.0 Å². The van der Waals surface area contributed by atoms with Crippen LogP contribution in [0.3, 0.4) is 0 Å². The van der Waals surface area contributed by atoms with Gasteiger partial charge in [-0.3, -0.25) is 14.5 Å². The van der Waals surface area contributed by atoms with Crippen molar-refractivity contribution < 1.29 is 19.8 Å². The van der Waals surface area contributed by atoms with Gasteiger partial charge in [0.15, 0.2) is 5.78 Å². The first-order valence-corrected chi connectivity index (χ1v) is 8.60. The molecule has 2 aliphatic rings. The molecule has 1 saturated heterocycles. The van der Waals surface area contributed by atoms with E-state index in [4.69, 9.17) is 0 Å². The van der Waals surface area contributed by atoms with E-state index in [1.165, 1.54) is 0 Å². The number of carbonyl (C=O) groups excluding carboxylic acids is 1. The number of hydrogen-bond acceptors (Lipinski definition) is 5. The van der Waals surface area contributed by atoms with E-state index in [1.54, 1.807) is 11.9 Å². The van der Waals surface area contributed by atoms with Crippen molar-refractivity contribution in [2.75, 3.05) is 20.1 Å². The number of aliphatic hydroxyl groups is 1. The van der Waals surface area contributed by atoms with Crippen LogP contribution in [-0.2, 0) is 9.59 Å². The van der Waals surface area contributed by atoms with E-state index >= 15 is 0 Å². The number of carboxylic acid groups (broad SMARTS) is 1. The summed E-state index contributed by atoms with van der Waals surface area (Å²) in [5, 5.41) is 22.6. The number of β-amino-alcohol motifs (C(OH)–C–C–N with tert-alkyl or cyclic N) is 1. The fourth-order valence-electron chi connectivity index (χ4n) is 3.90. The number of hydrogen-bond donors (Lipinski definition) is 3. The molecular weight excluding hydrogens is 320 g/mol. The molecule has 1 aromatic carbocycles. The molecule has 25 heavy (non-hydrogen) atoms. The molecule has 134 valence electrons. The number of aliphatic carboxylic acids is 1. The third kappa shape index (κ3) is 3.81. The van der Waals surface area contributed by atoms with Crippen LogP contribution >= 0.6 is 0 Å². The van der Waals surface area contributed by atoms with Gasteiger partial charge in [0.25, 0.3) is 0 Å². The summed E-state index contributed by atoms with van der Waals surface area (Å²) < 4.78 is 0. The smallest absolute Gasteiger partial charge is 0.308 e. The van der Waals surface area contributed by atoms with Crippen molar-refractivity contribution in [2.24, 2.45) is 5.92 Å². The normalized spacial score (nSPS) is 30.6. The Balaban J connectivity index is 1.78. The molecule has 1 aromatic rings. The second kappa shape index (κ2) is 7.47. The lowest BCUT2D eigenvalue weighted by atomic mass is 9.81. The summed E-state index contributed by atoms with van der Waals surface area (Å²) in [5.41, 5.74) is 2.19.